The molecule has 0 spiro atoms. The maximum atomic E-state index is 11.8. The molecule has 0 unspecified atom stereocenters. The number of phenols is 1. The summed E-state index contributed by atoms with van der Waals surface area (Å²) in [6.07, 6.45) is 0.143. The molecule has 0 saturated heterocycles. The van der Waals surface area contributed by atoms with Gasteiger partial charge in [-0.3, -0.25) is 4.79 Å². The van der Waals surface area contributed by atoms with E-state index in [0.29, 0.717) is 17.1 Å². The number of rotatable bonds is 4. The minimum atomic E-state index is -0.167. The Morgan fingerprint density at radius 2 is 1.79 bits per heavy atom. The molecule has 0 atom stereocenters. The number of alkyl halides is 1. The zero-order valence-corrected chi connectivity index (χ0v) is 11.0. The molecule has 0 saturated carbocycles. The van der Waals surface area contributed by atoms with Crippen molar-refractivity contribution < 1.29 is 9.90 Å². The van der Waals surface area contributed by atoms with Gasteiger partial charge in [-0.2, -0.15) is 0 Å². The highest BCUT2D eigenvalue weighted by Gasteiger charge is 2.07. The first-order chi connectivity index (χ1) is 9.19. The molecule has 0 aliphatic carbocycles. The molecule has 0 fully saturated rings. The molecular weight excluding hydrogens is 262 g/mol. The van der Waals surface area contributed by atoms with E-state index in [1.807, 2.05) is 12.1 Å². The normalized spacial score (nSPS) is 10.2. The van der Waals surface area contributed by atoms with Gasteiger partial charge in [-0.25, -0.2) is 0 Å². The molecule has 98 valence electrons. The number of benzene rings is 2. The fourth-order valence-corrected chi connectivity index (χ4v) is 1.89. The Bertz CT molecular complexity index is 567. The number of nitrogens with one attached hydrogen (secondary N) is 1. The van der Waals surface area contributed by atoms with Crippen molar-refractivity contribution in [1.82, 2.24) is 0 Å². The molecule has 2 aromatic carbocycles. The number of para-hydroxylation sites is 1. The zero-order valence-electron chi connectivity index (χ0n) is 10.3. The summed E-state index contributed by atoms with van der Waals surface area (Å²) in [5.74, 6) is 0.418. The first kappa shape index (κ1) is 13.4. The van der Waals surface area contributed by atoms with E-state index >= 15 is 0 Å². The summed E-state index contributed by atoms with van der Waals surface area (Å²) >= 11 is 5.69. The second-order valence-electron chi connectivity index (χ2n) is 4.18. The number of halogens is 1. The van der Waals surface area contributed by atoms with Crippen molar-refractivity contribution in [2.24, 2.45) is 0 Å². The molecule has 0 aromatic heterocycles. The van der Waals surface area contributed by atoms with Gasteiger partial charge in [-0.05, 0) is 23.8 Å². The van der Waals surface area contributed by atoms with Crippen LogP contribution in [0.5, 0.6) is 5.75 Å². The Kier molecular flexibility index (Phi) is 4.42. The molecule has 3 nitrogen and oxygen atoms in total. The molecule has 19 heavy (non-hydrogen) atoms. The second kappa shape index (κ2) is 6.25. The van der Waals surface area contributed by atoms with Crippen LogP contribution in [0.3, 0.4) is 0 Å². The summed E-state index contributed by atoms with van der Waals surface area (Å²) in [7, 11) is 0. The summed E-state index contributed by atoms with van der Waals surface area (Å²) in [4.78, 5) is 11.8. The number of hydrogen-bond donors (Lipinski definition) is 2. The number of carbonyl (C=O) groups excluding carboxylic acids is 1. The Morgan fingerprint density at radius 3 is 2.42 bits per heavy atom. The molecule has 0 heterocycles. The maximum Gasteiger partial charge on any atom is 0.228 e. The van der Waals surface area contributed by atoms with E-state index in [4.69, 9.17) is 11.6 Å². The second-order valence-corrected chi connectivity index (χ2v) is 4.45. The highest BCUT2D eigenvalue weighted by Crippen LogP contribution is 2.17. The zero-order chi connectivity index (χ0) is 13.7. The Labute approximate surface area is 116 Å². The number of amides is 1. The average Bonchev–Trinajstić information content (AvgIpc) is 2.42. The standard InChI is InChI=1S/C15H14ClNO2/c16-10-11-5-7-13(8-6-11)17-15(19)9-12-3-1-2-4-14(12)18/h1-8,18H,9-10H2,(H,17,19). The van der Waals surface area contributed by atoms with Gasteiger partial charge < -0.3 is 10.4 Å². The van der Waals surface area contributed by atoms with Crippen molar-refractivity contribution in [3.8, 4) is 5.75 Å². The Morgan fingerprint density at radius 1 is 1.11 bits per heavy atom. The number of anilines is 1. The number of phenolic OH excluding ortho intramolecular Hbond substituents is 1. The lowest BCUT2D eigenvalue weighted by atomic mass is 10.1. The van der Waals surface area contributed by atoms with Gasteiger partial charge in [0.25, 0.3) is 0 Å². The van der Waals surface area contributed by atoms with E-state index in [1.54, 1.807) is 36.4 Å². The minimum Gasteiger partial charge on any atom is -0.508 e. The Hall–Kier alpha value is -2.00. The quantitative estimate of drug-likeness (QED) is 0.841. The van der Waals surface area contributed by atoms with Gasteiger partial charge >= 0.3 is 0 Å². The summed E-state index contributed by atoms with van der Waals surface area (Å²) in [6.45, 7) is 0. The fraction of sp³-hybridized carbons (Fsp3) is 0.133. The molecule has 2 aromatic rings. The van der Waals surface area contributed by atoms with Crippen LogP contribution in [0.4, 0.5) is 5.69 Å². The fourth-order valence-electron chi connectivity index (χ4n) is 1.72. The summed E-state index contributed by atoms with van der Waals surface area (Å²) in [5, 5.41) is 12.4. The molecule has 2 rings (SSSR count). The Balaban J connectivity index is 1.99. The highest BCUT2D eigenvalue weighted by molar-refractivity contribution is 6.17. The number of hydrogen-bond acceptors (Lipinski definition) is 2. The minimum absolute atomic E-state index is 0.134. The van der Waals surface area contributed by atoms with Crippen LogP contribution in [0.2, 0.25) is 0 Å². The van der Waals surface area contributed by atoms with Crippen LogP contribution in [0.25, 0.3) is 0 Å². The first-order valence-corrected chi connectivity index (χ1v) is 6.44. The van der Waals surface area contributed by atoms with Crippen molar-refractivity contribution in [1.29, 1.82) is 0 Å². The maximum absolute atomic E-state index is 11.8. The molecule has 1 amide bonds. The predicted octanol–water partition coefficient (Wildman–Crippen LogP) is 3.31. The molecule has 0 aliphatic rings. The lowest BCUT2D eigenvalue weighted by molar-refractivity contribution is -0.115. The van der Waals surface area contributed by atoms with Crippen molar-refractivity contribution in [3.63, 3.8) is 0 Å². The largest absolute Gasteiger partial charge is 0.508 e. The highest BCUT2D eigenvalue weighted by atomic mass is 35.5. The molecule has 2 N–H and O–H groups in total. The lowest BCUT2D eigenvalue weighted by Gasteiger charge is -2.07. The number of aromatic hydroxyl groups is 1. The van der Waals surface area contributed by atoms with Crippen molar-refractivity contribution in [3.05, 3.63) is 59.7 Å². The van der Waals surface area contributed by atoms with Gasteiger partial charge in [-0.15, -0.1) is 11.6 Å². The van der Waals surface area contributed by atoms with Crippen LogP contribution in [0, 0.1) is 0 Å². The molecule has 4 heteroatoms. The van der Waals surface area contributed by atoms with E-state index in [1.165, 1.54) is 0 Å². The van der Waals surface area contributed by atoms with E-state index in [0.717, 1.165) is 5.56 Å². The average molecular weight is 276 g/mol. The molecular formula is C15H14ClNO2. The van der Waals surface area contributed by atoms with Crippen LogP contribution in [-0.4, -0.2) is 11.0 Å². The predicted molar refractivity (Wildman–Crippen MR) is 76.4 cm³/mol. The third-order valence-corrected chi connectivity index (χ3v) is 3.04. The van der Waals surface area contributed by atoms with Crippen molar-refractivity contribution in [2.75, 3.05) is 5.32 Å². The molecule has 0 aliphatic heterocycles. The number of carbonyl (C=O) groups is 1. The van der Waals surface area contributed by atoms with E-state index in [9.17, 15) is 9.90 Å². The molecule has 0 bridgehead atoms. The van der Waals surface area contributed by atoms with Crippen LogP contribution in [0.1, 0.15) is 11.1 Å². The van der Waals surface area contributed by atoms with Crippen LogP contribution in [0.15, 0.2) is 48.5 Å². The van der Waals surface area contributed by atoms with E-state index in [-0.39, 0.29) is 18.1 Å². The summed E-state index contributed by atoms with van der Waals surface area (Å²) < 4.78 is 0. The van der Waals surface area contributed by atoms with Gasteiger partial charge in [0.1, 0.15) is 5.75 Å². The smallest absolute Gasteiger partial charge is 0.228 e. The van der Waals surface area contributed by atoms with Crippen molar-refractivity contribution in [2.45, 2.75) is 12.3 Å². The van der Waals surface area contributed by atoms with Gasteiger partial charge in [0.2, 0.25) is 5.91 Å². The van der Waals surface area contributed by atoms with Gasteiger partial charge in [0.15, 0.2) is 0 Å². The van der Waals surface area contributed by atoms with Crippen LogP contribution >= 0.6 is 11.6 Å². The third kappa shape index (κ3) is 3.73. The SMILES string of the molecule is O=C(Cc1ccccc1O)Nc1ccc(CCl)cc1. The van der Waals surface area contributed by atoms with Crippen LogP contribution < -0.4 is 5.32 Å². The molecule has 0 radical (unpaired) electrons. The summed E-state index contributed by atoms with van der Waals surface area (Å²) in [6, 6.07) is 14.1. The third-order valence-electron chi connectivity index (χ3n) is 2.73. The summed E-state index contributed by atoms with van der Waals surface area (Å²) in [5.41, 5.74) is 2.33. The van der Waals surface area contributed by atoms with E-state index < -0.39 is 0 Å². The lowest BCUT2D eigenvalue weighted by Crippen LogP contribution is -2.14. The first-order valence-electron chi connectivity index (χ1n) is 5.90. The van der Waals surface area contributed by atoms with Gasteiger partial charge in [0.05, 0.1) is 6.42 Å². The van der Waals surface area contributed by atoms with Gasteiger partial charge in [0, 0.05) is 17.1 Å². The van der Waals surface area contributed by atoms with E-state index in [2.05, 4.69) is 5.32 Å². The van der Waals surface area contributed by atoms with Gasteiger partial charge in [-0.1, -0.05) is 30.3 Å². The monoisotopic (exact) mass is 275 g/mol. The van der Waals surface area contributed by atoms with Crippen molar-refractivity contribution >= 4 is 23.2 Å². The topological polar surface area (TPSA) is 49.3 Å². The van der Waals surface area contributed by atoms with Crippen LogP contribution in [-0.2, 0) is 17.1 Å².